The Morgan fingerprint density at radius 1 is 1.20 bits per heavy atom. The number of aromatic carboxylic acids is 1. The molecule has 2 aliphatic carbocycles. The van der Waals surface area contributed by atoms with Crippen molar-refractivity contribution in [2.45, 2.75) is 32.2 Å². The number of carboxylic acids is 1. The van der Waals surface area contributed by atoms with Crippen molar-refractivity contribution in [1.29, 1.82) is 0 Å². The van der Waals surface area contributed by atoms with E-state index in [1.807, 2.05) is 0 Å². The van der Waals surface area contributed by atoms with E-state index in [0.717, 1.165) is 37.0 Å². The summed E-state index contributed by atoms with van der Waals surface area (Å²) in [6.07, 6.45) is 5.25. The molecule has 0 bridgehead atoms. The van der Waals surface area contributed by atoms with Gasteiger partial charge in [0.2, 0.25) is 0 Å². The Labute approximate surface area is 118 Å². The molecule has 0 aromatic heterocycles. The van der Waals surface area contributed by atoms with Crippen molar-refractivity contribution in [1.82, 2.24) is 4.90 Å². The fourth-order valence-electron chi connectivity index (χ4n) is 2.62. The number of benzene rings is 1. The van der Waals surface area contributed by atoms with E-state index in [0.29, 0.717) is 0 Å². The Morgan fingerprint density at radius 3 is 2.25 bits per heavy atom. The molecule has 3 rings (SSSR count). The van der Waals surface area contributed by atoms with Gasteiger partial charge in [-0.2, -0.15) is 0 Å². The molecule has 2 fully saturated rings. The average molecular weight is 277 g/mol. The maximum Gasteiger partial charge on any atom is 0.338 e. The summed E-state index contributed by atoms with van der Waals surface area (Å²) < 4.78 is 13.7. The Hall–Kier alpha value is -1.42. The van der Waals surface area contributed by atoms with E-state index < -0.39 is 11.8 Å². The standard InChI is InChI=1S/C16H20FNO2/c17-15-7-13(5-6-14(15)16(19)20)10-18(8-11-1-2-11)9-12-3-4-12/h5-7,11-12H,1-4,8-10H2,(H,19,20). The van der Waals surface area contributed by atoms with Crippen LogP contribution >= 0.6 is 0 Å². The summed E-state index contributed by atoms with van der Waals surface area (Å²) in [6, 6.07) is 4.48. The Kier molecular flexibility index (Phi) is 3.74. The normalized spacial score (nSPS) is 18.5. The molecule has 4 heteroatoms. The fourth-order valence-corrected chi connectivity index (χ4v) is 2.62. The lowest BCUT2D eigenvalue weighted by molar-refractivity contribution is 0.0692. The largest absolute Gasteiger partial charge is 0.478 e. The van der Waals surface area contributed by atoms with E-state index in [2.05, 4.69) is 4.90 Å². The Balaban J connectivity index is 1.66. The molecule has 0 atom stereocenters. The smallest absolute Gasteiger partial charge is 0.338 e. The first-order valence-electron chi connectivity index (χ1n) is 7.36. The first-order valence-corrected chi connectivity index (χ1v) is 7.36. The van der Waals surface area contributed by atoms with Crippen LogP contribution in [0.25, 0.3) is 0 Å². The van der Waals surface area contributed by atoms with Crippen LogP contribution < -0.4 is 0 Å². The zero-order valence-electron chi connectivity index (χ0n) is 11.5. The summed E-state index contributed by atoms with van der Waals surface area (Å²) in [5.74, 6) is -0.205. The molecule has 108 valence electrons. The third kappa shape index (κ3) is 3.57. The SMILES string of the molecule is O=C(O)c1ccc(CN(CC2CC2)CC2CC2)cc1F. The second kappa shape index (κ2) is 5.52. The van der Waals surface area contributed by atoms with Crippen molar-refractivity contribution in [3.63, 3.8) is 0 Å². The number of hydrogen-bond acceptors (Lipinski definition) is 2. The van der Waals surface area contributed by atoms with E-state index in [1.165, 1.54) is 37.8 Å². The summed E-state index contributed by atoms with van der Waals surface area (Å²) in [7, 11) is 0. The quantitative estimate of drug-likeness (QED) is 0.832. The van der Waals surface area contributed by atoms with Crippen molar-refractivity contribution in [3.8, 4) is 0 Å². The number of halogens is 1. The minimum Gasteiger partial charge on any atom is -0.478 e. The molecule has 1 aromatic rings. The van der Waals surface area contributed by atoms with E-state index in [4.69, 9.17) is 5.11 Å². The van der Waals surface area contributed by atoms with Crippen LogP contribution in [-0.2, 0) is 6.54 Å². The van der Waals surface area contributed by atoms with Gasteiger partial charge >= 0.3 is 5.97 Å². The van der Waals surface area contributed by atoms with Crippen molar-refractivity contribution >= 4 is 5.97 Å². The first kappa shape index (κ1) is 13.6. The topological polar surface area (TPSA) is 40.5 Å². The molecule has 2 saturated carbocycles. The molecule has 0 amide bonds. The maximum absolute atomic E-state index is 13.7. The van der Waals surface area contributed by atoms with Crippen molar-refractivity contribution < 1.29 is 14.3 Å². The molecule has 0 unspecified atom stereocenters. The molecular formula is C16H20FNO2. The van der Waals surface area contributed by atoms with Crippen LogP contribution in [0.5, 0.6) is 0 Å². The zero-order chi connectivity index (χ0) is 14.1. The minimum absolute atomic E-state index is 0.246. The zero-order valence-corrected chi connectivity index (χ0v) is 11.5. The Bertz CT molecular complexity index is 495. The van der Waals surface area contributed by atoms with E-state index >= 15 is 0 Å². The molecule has 0 radical (unpaired) electrons. The molecule has 1 N–H and O–H groups in total. The van der Waals surface area contributed by atoms with Gasteiger partial charge in [0.1, 0.15) is 5.82 Å². The highest BCUT2D eigenvalue weighted by Crippen LogP contribution is 2.34. The summed E-state index contributed by atoms with van der Waals surface area (Å²) in [4.78, 5) is 13.2. The van der Waals surface area contributed by atoms with Gasteiger partial charge in [0, 0.05) is 19.6 Å². The van der Waals surface area contributed by atoms with Gasteiger partial charge in [0.05, 0.1) is 5.56 Å². The summed E-state index contributed by atoms with van der Waals surface area (Å²) in [5.41, 5.74) is 0.624. The molecule has 0 spiro atoms. The third-order valence-electron chi connectivity index (χ3n) is 4.10. The summed E-state index contributed by atoms with van der Waals surface area (Å²) >= 11 is 0. The van der Waals surface area contributed by atoms with Gasteiger partial charge in [-0.25, -0.2) is 9.18 Å². The average Bonchev–Trinajstić information content (AvgIpc) is 3.24. The van der Waals surface area contributed by atoms with Gasteiger partial charge in [0.25, 0.3) is 0 Å². The number of carboxylic acid groups (broad SMARTS) is 1. The molecule has 0 saturated heterocycles. The molecule has 20 heavy (non-hydrogen) atoms. The van der Waals surface area contributed by atoms with Gasteiger partial charge in [-0.05, 0) is 55.2 Å². The molecule has 0 aliphatic heterocycles. The van der Waals surface area contributed by atoms with E-state index in [-0.39, 0.29) is 5.56 Å². The van der Waals surface area contributed by atoms with Crippen molar-refractivity contribution in [3.05, 3.63) is 35.1 Å². The van der Waals surface area contributed by atoms with Gasteiger partial charge < -0.3 is 5.11 Å². The highest BCUT2D eigenvalue weighted by Gasteiger charge is 2.29. The Morgan fingerprint density at radius 2 is 1.80 bits per heavy atom. The van der Waals surface area contributed by atoms with Gasteiger partial charge in [0.15, 0.2) is 0 Å². The lowest BCUT2D eigenvalue weighted by Crippen LogP contribution is -2.28. The summed E-state index contributed by atoms with van der Waals surface area (Å²) in [5, 5.41) is 8.84. The highest BCUT2D eigenvalue weighted by molar-refractivity contribution is 5.87. The van der Waals surface area contributed by atoms with Gasteiger partial charge in [-0.15, -0.1) is 0 Å². The van der Waals surface area contributed by atoms with E-state index in [9.17, 15) is 9.18 Å². The number of carbonyl (C=O) groups is 1. The number of hydrogen-bond donors (Lipinski definition) is 1. The van der Waals surface area contributed by atoms with Gasteiger partial charge in [-0.1, -0.05) is 6.07 Å². The monoisotopic (exact) mass is 277 g/mol. The third-order valence-corrected chi connectivity index (χ3v) is 4.10. The van der Waals surface area contributed by atoms with E-state index in [1.54, 1.807) is 6.07 Å². The first-order chi connectivity index (χ1) is 9.61. The minimum atomic E-state index is -1.21. The molecule has 3 nitrogen and oxygen atoms in total. The fraction of sp³-hybridized carbons (Fsp3) is 0.562. The van der Waals surface area contributed by atoms with Crippen molar-refractivity contribution in [2.24, 2.45) is 11.8 Å². The highest BCUT2D eigenvalue weighted by atomic mass is 19.1. The lowest BCUT2D eigenvalue weighted by atomic mass is 10.1. The number of rotatable bonds is 7. The second-order valence-electron chi connectivity index (χ2n) is 6.20. The van der Waals surface area contributed by atoms with Crippen LogP contribution in [0.3, 0.4) is 0 Å². The lowest BCUT2D eigenvalue weighted by Gasteiger charge is -2.22. The maximum atomic E-state index is 13.7. The van der Waals surface area contributed by atoms with Crippen LogP contribution in [0.2, 0.25) is 0 Å². The van der Waals surface area contributed by atoms with Crippen LogP contribution in [0.1, 0.15) is 41.6 Å². The predicted molar refractivity (Wildman–Crippen MR) is 74.1 cm³/mol. The van der Waals surface area contributed by atoms with Gasteiger partial charge in [-0.3, -0.25) is 4.90 Å². The predicted octanol–water partition coefficient (Wildman–Crippen LogP) is 3.15. The van der Waals surface area contributed by atoms with Crippen LogP contribution in [0.4, 0.5) is 4.39 Å². The van der Waals surface area contributed by atoms with Crippen LogP contribution in [0.15, 0.2) is 18.2 Å². The van der Waals surface area contributed by atoms with Crippen molar-refractivity contribution in [2.75, 3.05) is 13.1 Å². The van der Waals surface area contributed by atoms with Crippen LogP contribution in [0, 0.1) is 17.7 Å². The molecule has 2 aliphatic rings. The molecule has 0 heterocycles. The number of nitrogens with zero attached hydrogens (tertiary/aromatic N) is 1. The molecular weight excluding hydrogens is 257 g/mol. The van der Waals surface area contributed by atoms with Crippen LogP contribution in [-0.4, -0.2) is 29.1 Å². The summed E-state index contributed by atoms with van der Waals surface area (Å²) in [6.45, 7) is 2.92. The second-order valence-corrected chi connectivity index (χ2v) is 6.20. The molecule has 1 aromatic carbocycles.